The highest BCUT2D eigenvalue weighted by atomic mass is 35.5. The Morgan fingerprint density at radius 2 is 1.72 bits per heavy atom. The predicted octanol–water partition coefficient (Wildman–Crippen LogP) is 3.64. The molecule has 158 valence electrons. The molecule has 8 heteroatoms. The lowest BCUT2D eigenvalue weighted by Crippen LogP contribution is -2.27. The average molecular weight is 439 g/mol. The molecule has 1 N–H and O–H groups in total. The predicted molar refractivity (Wildman–Crippen MR) is 116 cm³/mol. The van der Waals surface area contributed by atoms with Gasteiger partial charge < -0.3 is 10.1 Å². The van der Waals surface area contributed by atoms with Crippen LogP contribution in [0.2, 0.25) is 5.02 Å². The number of hydrogen-bond acceptors (Lipinski definition) is 4. The highest BCUT2D eigenvalue weighted by Gasteiger charge is 2.21. The van der Waals surface area contributed by atoms with Crippen molar-refractivity contribution in [3.05, 3.63) is 59.1 Å². The van der Waals surface area contributed by atoms with Gasteiger partial charge >= 0.3 is 0 Å². The first-order valence-corrected chi connectivity index (χ1v) is 11.2. The van der Waals surface area contributed by atoms with Crippen LogP contribution in [0, 0.1) is 0 Å². The lowest BCUT2D eigenvalue weighted by molar-refractivity contribution is -0.120. The molecule has 0 aliphatic carbocycles. The molecule has 0 aromatic heterocycles. The van der Waals surface area contributed by atoms with Crippen LogP contribution >= 0.6 is 11.6 Å². The van der Waals surface area contributed by atoms with Gasteiger partial charge in [-0.1, -0.05) is 23.7 Å². The van der Waals surface area contributed by atoms with Crippen molar-refractivity contribution in [2.75, 3.05) is 24.5 Å². The second kappa shape index (κ2) is 10.6. The smallest absolute Gasteiger partial charge is 0.264 e. The van der Waals surface area contributed by atoms with Crippen LogP contribution in [0.25, 0.3) is 0 Å². The number of amides is 1. The van der Waals surface area contributed by atoms with E-state index in [4.69, 9.17) is 16.3 Å². The lowest BCUT2D eigenvalue weighted by atomic mass is 10.1. The lowest BCUT2D eigenvalue weighted by Gasteiger charge is -2.20. The molecule has 0 atom stereocenters. The number of halogens is 1. The van der Waals surface area contributed by atoms with E-state index < -0.39 is 10.0 Å². The molecular formula is C21H27ClN2O4S. The number of benzene rings is 2. The zero-order valence-corrected chi connectivity index (χ0v) is 18.5. The summed E-state index contributed by atoms with van der Waals surface area (Å²) in [6.07, 6.45) is 1.18. The number of carbonyl (C=O) groups is 1. The Morgan fingerprint density at radius 1 is 1.10 bits per heavy atom. The first-order valence-electron chi connectivity index (χ1n) is 9.42. The maximum Gasteiger partial charge on any atom is 0.264 e. The van der Waals surface area contributed by atoms with Crippen molar-refractivity contribution in [2.45, 2.75) is 37.7 Å². The van der Waals surface area contributed by atoms with Crippen LogP contribution in [-0.2, 0) is 26.0 Å². The van der Waals surface area contributed by atoms with Gasteiger partial charge in [0.15, 0.2) is 0 Å². The van der Waals surface area contributed by atoms with Crippen molar-refractivity contribution in [1.82, 2.24) is 5.32 Å². The molecule has 2 aromatic carbocycles. The minimum Gasteiger partial charge on any atom is -0.379 e. The van der Waals surface area contributed by atoms with Gasteiger partial charge in [-0.25, -0.2) is 8.42 Å². The standard InChI is InChI=1S/C21H27ClN2O4S/c1-16(2)28-14-4-13-23-21(25)15-17-5-9-19(10-6-17)24(3)29(26,27)20-11-7-18(22)8-12-20/h5-12,16H,4,13-15H2,1-3H3,(H,23,25). The average Bonchev–Trinajstić information content (AvgIpc) is 2.68. The molecule has 1 amide bonds. The summed E-state index contributed by atoms with van der Waals surface area (Å²) in [7, 11) is -2.19. The van der Waals surface area contributed by atoms with E-state index >= 15 is 0 Å². The largest absolute Gasteiger partial charge is 0.379 e. The Bertz CT molecular complexity index is 897. The van der Waals surface area contributed by atoms with Crippen molar-refractivity contribution in [1.29, 1.82) is 0 Å². The third-order valence-electron chi connectivity index (χ3n) is 4.23. The van der Waals surface area contributed by atoms with E-state index in [0.29, 0.717) is 23.9 Å². The number of rotatable bonds is 10. The van der Waals surface area contributed by atoms with Gasteiger partial charge in [-0.3, -0.25) is 9.10 Å². The Balaban J connectivity index is 1.92. The molecule has 29 heavy (non-hydrogen) atoms. The number of sulfonamides is 1. The van der Waals surface area contributed by atoms with Crippen molar-refractivity contribution in [3.8, 4) is 0 Å². The van der Waals surface area contributed by atoms with Crippen LogP contribution in [0.15, 0.2) is 53.4 Å². The van der Waals surface area contributed by atoms with E-state index in [1.807, 2.05) is 13.8 Å². The number of anilines is 1. The quantitative estimate of drug-likeness (QED) is 0.574. The molecule has 0 fully saturated rings. The minimum atomic E-state index is -3.68. The van der Waals surface area contributed by atoms with Gasteiger partial charge in [0.2, 0.25) is 5.91 Å². The van der Waals surface area contributed by atoms with Crippen LogP contribution < -0.4 is 9.62 Å². The van der Waals surface area contributed by atoms with Gasteiger partial charge in [0.1, 0.15) is 0 Å². The van der Waals surface area contributed by atoms with Crippen LogP contribution in [0.1, 0.15) is 25.8 Å². The van der Waals surface area contributed by atoms with Gasteiger partial charge in [-0.15, -0.1) is 0 Å². The summed E-state index contributed by atoms with van der Waals surface area (Å²) in [5.41, 5.74) is 1.32. The molecule has 0 heterocycles. The summed E-state index contributed by atoms with van der Waals surface area (Å²) in [5, 5.41) is 3.33. The molecule has 0 spiro atoms. The molecule has 0 unspecified atom stereocenters. The molecule has 0 aliphatic rings. The van der Waals surface area contributed by atoms with Gasteiger partial charge in [-0.2, -0.15) is 0 Å². The van der Waals surface area contributed by atoms with E-state index in [0.717, 1.165) is 12.0 Å². The molecule has 0 saturated carbocycles. The number of nitrogens with zero attached hydrogens (tertiary/aromatic N) is 1. The van der Waals surface area contributed by atoms with Crippen molar-refractivity contribution >= 4 is 33.2 Å². The molecule has 0 bridgehead atoms. The second-order valence-corrected chi connectivity index (χ2v) is 9.30. The highest BCUT2D eigenvalue weighted by Crippen LogP contribution is 2.23. The number of nitrogens with one attached hydrogen (secondary N) is 1. The molecule has 0 radical (unpaired) electrons. The Hall–Kier alpha value is -2.09. The monoisotopic (exact) mass is 438 g/mol. The Morgan fingerprint density at radius 3 is 2.31 bits per heavy atom. The van der Waals surface area contributed by atoms with E-state index in [9.17, 15) is 13.2 Å². The number of hydrogen-bond donors (Lipinski definition) is 1. The zero-order valence-electron chi connectivity index (χ0n) is 16.9. The summed E-state index contributed by atoms with van der Waals surface area (Å²) in [6.45, 7) is 5.12. The Kier molecular flexibility index (Phi) is 8.49. The summed E-state index contributed by atoms with van der Waals surface area (Å²) in [6, 6.07) is 12.9. The van der Waals surface area contributed by atoms with Crippen molar-refractivity contribution in [3.63, 3.8) is 0 Å². The fourth-order valence-corrected chi connectivity index (χ4v) is 3.92. The van der Waals surface area contributed by atoms with Crippen LogP contribution in [0.5, 0.6) is 0 Å². The van der Waals surface area contributed by atoms with E-state index in [1.54, 1.807) is 36.4 Å². The fraction of sp³-hybridized carbons (Fsp3) is 0.381. The minimum absolute atomic E-state index is 0.0792. The molecule has 6 nitrogen and oxygen atoms in total. The number of ether oxygens (including phenoxy) is 1. The topological polar surface area (TPSA) is 75.7 Å². The molecule has 0 aliphatic heterocycles. The van der Waals surface area contributed by atoms with Gasteiger partial charge in [0.05, 0.1) is 23.1 Å². The zero-order chi connectivity index (χ0) is 21.4. The summed E-state index contributed by atoms with van der Waals surface area (Å²) in [5.74, 6) is -0.0792. The van der Waals surface area contributed by atoms with Gasteiger partial charge in [-0.05, 0) is 62.2 Å². The molecule has 2 aromatic rings. The van der Waals surface area contributed by atoms with Gasteiger partial charge in [0.25, 0.3) is 10.0 Å². The van der Waals surface area contributed by atoms with Gasteiger partial charge in [0, 0.05) is 25.2 Å². The summed E-state index contributed by atoms with van der Waals surface area (Å²) in [4.78, 5) is 12.2. The van der Waals surface area contributed by atoms with E-state index in [1.165, 1.54) is 23.5 Å². The normalized spacial score (nSPS) is 11.5. The molecular weight excluding hydrogens is 412 g/mol. The van der Waals surface area contributed by atoms with Crippen molar-refractivity contribution in [2.24, 2.45) is 0 Å². The summed E-state index contributed by atoms with van der Waals surface area (Å²) >= 11 is 5.83. The van der Waals surface area contributed by atoms with E-state index in [-0.39, 0.29) is 23.3 Å². The maximum atomic E-state index is 12.7. The first kappa shape index (κ1) is 23.2. The van der Waals surface area contributed by atoms with Crippen LogP contribution in [-0.4, -0.2) is 40.6 Å². The second-order valence-electron chi connectivity index (χ2n) is 6.89. The number of carbonyl (C=O) groups excluding carboxylic acids is 1. The SMILES string of the molecule is CC(C)OCCCNC(=O)Cc1ccc(N(C)S(=O)(=O)c2ccc(Cl)cc2)cc1. The Labute approximate surface area is 177 Å². The molecule has 2 rings (SSSR count). The first-order chi connectivity index (χ1) is 13.7. The third-order valence-corrected chi connectivity index (χ3v) is 6.28. The van der Waals surface area contributed by atoms with Crippen LogP contribution in [0.4, 0.5) is 5.69 Å². The van der Waals surface area contributed by atoms with Crippen LogP contribution in [0.3, 0.4) is 0 Å². The highest BCUT2D eigenvalue weighted by molar-refractivity contribution is 7.92. The fourth-order valence-electron chi connectivity index (χ4n) is 2.59. The van der Waals surface area contributed by atoms with Crippen molar-refractivity contribution < 1.29 is 17.9 Å². The maximum absolute atomic E-state index is 12.7. The molecule has 0 saturated heterocycles. The van der Waals surface area contributed by atoms with E-state index in [2.05, 4.69) is 5.32 Å². The third kappa shape index (κ3) is 7.03. The summed E-state index contributed by atoms with van der Waals surface area (Å²) < 4.78 is 32.1.